The fraction of sp³-hybridized carbons (Fsp3) is 0.457. The van der Waals surface area contributed by atoms with Gasteiger partial charge in [-0.05, 0) is 75.9 Å². The first-order valence-corrected chi connectivity index (χ1v) is 16.0. The number of carbonyl (C=O) groups excluding carboxylic acids is 3. The van der Waals surface area contributed by atoms with Gasteiger partial charge in [-0.1, -0.05) is 35.9 Å². The number of benzene rings is 2. The molecule has 1 N–H and O–H groups in total. The molecule has 2 unspecified atom stereocenters. The van der Waals surface area contributed by atoms with E-state index in [4.69, 9.17) is 21.1 Å². The molecule has 3 aliphatic rings. The lowest BCUT2D eigenvalue weighted by atomic mass is 9.66. The zero-order chi connectivity index (χ0) is 32.4. The fourth-order valence-corrected chi connectivity index (χ4v) is 7.72. The topological polar surface area (TPSA) is 99.6 Å². The summed E-state index contributed by atoms with van der Waals surface area (Å²) in [5.74, 6) is -1.87. The van der Waals surface area contributed by atoms with E-state index in [0.717, 1.165) is 0 Å². The minimum absolute atomic E-state index is 0.0360. The van der Waals surface area contributed by atoms with Gasteiger partial charge in [-0.2, -0.15) is 0 Å². The third-order valence-electron chi connectivity index (χ3n) is 9.34. The van der Waals surface area contributed by atoms with Crippen molar-refractivity contribution in [2.45, 2.75) is 56.8 Å². The third kappa shape index (κ3) is 5.66. The highest BCUT2D eigenvalue weighted by molar-refractivity contribution is 6.34. The van der Waals surface area contributed by atoms with E-state index in [-0.39, 0.29) is 44.0 Å². The van der Waals surface area contributed by atoms with Crippen LogP contribution in [0.5, 0.6) is 5.75 Å². The van der Waals surface area contributed by atoms with Crippen LogP contribution in [-0.4, -0.2) is 77.8 Å². The summed E-state index contributed by atoms with van der Waals surface area (Å²) in [6.07, 6.45) is 5.20. The highest BCUT2D eigenvalue weighted by Gasteiger charge is 2.78. The van der Waals surface area contributed by atoms with Gasteiger partial charge in [-0.3, -0.25) is 14.4 Å². The summed E-state index contributed by atoms with van der Waals surface area (Å²) < 4.78 is 12.4. The van der Waals surface area contributed by atoms with E-state index < -0.39 is 29.1 Å². The van der Waals surface area contributed by atoms with E-state index >= 15 is 0 Å². The van der Waals surface area contributed by atoms with Gasteiger partial charge >= 0.3 is 0 Å². The van der Waals surface area contributed by atoms with Crippen LogP contribution in [0.4, 0.5) is 11.4 Å². The molecular weight excluding hydrogens is 594 g/mol. The molecule has 5 atom stereocenters. The number of ether oxygens (including phenoxy) is 2. The van der Waals surface area contributed by atoms with Crippen molar-refractivity contribution in [1.82, 2.24) is 4.90 Å². The number of rotatable bonds is 14. The molecule has 2 aromatic carbocycles. The zero-order valence-electron chi connectivity index (χ0n) is 26.0. The molecule has 3 saturated heterocycles. The summed E-state index contributed by atoms with van der Waals surface area (Å²) in [4.78, 5) is 48.6. The Balaban J connectivity index is 1.56. The first-order valence-electron chi connectivity index (χ1n) is 15.6. The molecule has 9 nitrogen and oxygen atoms in total. The van der Waals surface area contributed by atoms with Crippen LogP contribution in [0.25, 0.3) is 0 Å². The number of nitrogens with zero attached hydrogens (tertiary/aromatic N) is 3. The number of para-hydroxylation sites is 1. The van der Waals surface area contributed by atoms with Crippen molar-refractivity contribution in [3.05, 3.63) is 78.9 Å². The number of fused-ring (bicyclic) bond motifs is 1. The highest BCUT2D eigenvalue weighted by atomic mass is 35.5. The van der Waals surface area contributed by atoms with Crippen molar-refractivity contribution >= 4 is 40.7 Å². The second kappa shape index (κ2) is 13.4. The summed E-state index contributed by atoms with van der Waals surface area (Å²) in [7, 11) is 0. The van der Waals surface area contributed by atoms with Crippen molar-refractivity contribution in [2.24, 2.45) is 11.8 Å². The molecule has 1 spiro atoms. The van der Waals surface area contributed by atoms with E-state index in [9.17, 15) is 19.5 Å². The molecule has 2 bridgehead atoms. The van der Waals surface area contributed by atoms with Gasteiger partial charge < -0.3 is 29.3 Å². The molecule has 45 heavy (non-hydrogen) atoms. The smallest absolute Gasteiger partial charge is 0.253 e. The van der Waals surface area contributed by atoms with Gasteiger partial charge in [0.25, 0.3) is 5.91 Å². The average molecular weight is 636 g/mol. The Hall–Kier alpha value is -3.66. The van der Waals surface area contributed by atoms with Gasteiger partial charge in [-0.25, -0.2) is 0 Å². The Morgan fingerprint density at radius 3 is 2.40 bits per heavy atom. The lowest BCUT2D eigenvalue weighted by Crippen LogP contribution is -2.56. The molecule has 3 amide bonds. The van der Waals surface area contributed by atoms with E-state index in [1.54, 1.807) is 51.1 Å². The molecular formula is C35H42ClN3O6. The number of unbranched alkanes of at least 4 members (excludes halogenated alkanes) is 1. The van der Waals surface area contributed by atoms with Gasteiger partial charge in [0.15, 0.2) is 0 Å². The first-order chi connectivity index (χ1) is 21.7. The van der Waals surface area contributed by atoms with Crippen molar-refractivity contribution in [3.63, 3.8) is 0 Å². The summed E-state index contributed by atoms with van der Waals surface area (Å²) in [6.45, 7) is 12.6. The number of amides is 3. The largest absolute Gasteiger partial charge is 0.494 e. The molecule has 0 aromatic heterocycles. The molecule has 240 valence electrons. The average Bonchev–Trinajstić information content (AvgIpc) is 3.60. The van der Waals surface area contributed by atoms with Crippen LogP contribution in [0.15, 0.2) is 73.8 Å². The van der Waals surface area contributed by atoms with Gasteiger partial charge in [0.1, 0.15) is 17.4 Å². The van der Waals surface area contributed by atoms with Crippen molar-refractivity contribution in [1.29, 1.82) is 0 Å². The van der Waals surface area contributed by atoms with E-state index in [0.29, 0.717) is 54.4 Å². The van der Waals surface area contributed by atoms with Crippen LogP contribution in [0.3, 0.4) is 0 Å². The van der Waals surface area contributed by atoms with E-state index in [1.165, 1.54) is 0 Å². The predicted molar refractivity (Wildman–Crippen MR) is 174 cm³/mol. The van der Waals surface area contributed by atoms with Crippen LogP contribution in [-0.2, 0) is 19.1 Å². The minimum Gasteiger partial charge on any atom is -0.494 e. The Bertz CT molecular complexity index is 1450. The number of anilines is 2. The van der Waals surface area contributed by atoms with Crippen LogP contribution in [0.2, 0.25) is 5.02 Å². The second-order valence-corrected chi connectivity index (χ2v) is 12.5. The van der Waals surface area contributed by atoms with Gasteiger partial charge in [-0.15, -0.1) is 13.2 Å². The maximum absolute atomic E-state index is 14.7. The van der Waals surface area contributed by atoms with E-state index in [1.807, 2.05) is 38.1 Å². The first kappa shape index (κ1) is 32.7. The number of halogens is 1. The van der Waals surface area contributed by atoms with Crippen molar-refractivity contribution in [2.75, 3.05) is 42.6 Å². The van der Waals surface area contributed by atoms with Crippen molar-refractivity contribution in [3.8, 4) is 5.75 Å². The Morgan fingerprint density at radius 1 is 1.07 bits per heavy atom. The quantitative estimate of drug-likeness (QED) is 0.231. The Morgan fingerprint density at radius 2 is 1.76 bits per heavy atom. The Kier molecular flexibility index (Phi) is 9.72. The lowest BCUT2D eigenvalue weighted by molar-refractivity contribution is -0.144. The molecule has 0 aliphatic carbocycles. The summed E-state index contributed by atoms with van der Waals surface area (Å²) in [6, 6.07) is 13.3. The number of hydrogen-bond donors (Lipinski definition) is 1. The molecule has 10 heteroatoms. The molecule has 3 aliphatic heterocycles. The number of hydrogen-bond acceptors (Lipinski definition) is 6. The number of aliphatic hydroxyl groups excluding tert-OH is 1. The SMILES string of the molecule is C=CCN(C(=O)[C@@H]1[C@H]2C(=O)N(CCCCO)C(C(=O)N(CC=C)c3ccccc3Cl)C23CC[C@@]1(C)O3)c1ccc(OCC)cc1. The van der Waals surface area contributed by atoms with Crippen LogP contribution < -0.4 is 14.5 Å². The maximum atomic E-state index is 14.7. The zero-order valence-corrected chi connectivity index (χ0v) is 26.7. The molecule has 5 rings (SSSR count). The lowest BCUT2D eigenvalue weighted by Gasteiger charge is -2.37. The predicted octanol–water partition coefficient (Wildman–Crippen LogP) is 5.01. The van der Waals surface area contributed by atoms with E-state index in [2.05, 4.69) is 13.2 Å². The molecule has 3 fully saturated rings. The maximum Gasteiger partial charge on any atom is 0.253 e. The van der Waals surface area contributed by atoms with Gasteiger partial charge in [0.2, 0.25) is 11.8 Å². The normalized spacial score (nSPS) is 26.4. The minimum atomic E-state index is -1.21. The molecule has 0 radical (unpaired) electrons. The number of carbonyl (C=O) groups is 3. The number of aliphatic hydroxyl groups is 1. The third-order valence-corrected chi connectivity index (χ3v) is 9.66. The summed E-state index contributed by atoms with van der Waals surface area (Å²) in [5.41, 5.74) is -1.00. The van der Waals surface area contributed by atoms with Gasteiger partial charge in [0, 0.05) is 31.9 Å². The monoisotopic (exact) mass is 635 g/mol. The summed E-state index contributed by atoms with van der Waals surface area (Å²) in [5, 5.41) is 9.90. The van der Waals surface area contributed by atoms with Crippen molar-refractivity contribution < 1.29 is 29.0 Å². The highest BCUT2D eigenvalue weighted by Crippen LogP contribution is 2.63. The summed E-state index contributed by atoms with van der Waals surface area (Å²) >= 11 is 6.56. The fourth-order valence-electron chi connectivity index (χ4n) is 7.48. The molecule has 3 heterocycles. The molecule has 0 saturated carbocycles. The standard InChI is InChI=1S/C35H42ClN3O6/c1-5-20-37(24-14-16-25(17-15-24)44-7-3)31(41)28-29-32(42)39(22-10-11-23-40)30(35(29)19-18-34(28,4)45-35)33(43)38(21-6-2)27-13-9-8-12-26(27)36/h5-6,8-9,12-17,28-30,40H,1-2,7,10-11,18-23H2,3-4H3/t28-,29-,30?,34+,35?/m0/s1. The molecule has 2 aromatic rings. The van der Waals surface area contributed by atoms with Crippen LogP contribution in [0.1, 0.15) is 39.5 Å². The van der Waals surface area contributed by atoms with Gasteiger partial charge in [0.05, 0.1) is 34.8 Å². The van der Waals surface area contributed by atoms with Crippen LogP contribution >= 0.6 is 11.6 Å². The Labute approximate surface area is 270 Å². The van der Waals surface area contributed by atoms with Crippen LogP contribution in [0, 0.1) is 11.8 Å². The second-order valence-electron chi connectivity index (χ2n) is 12.0. The number of likely N-dealkylation sites (tertiary alicyclic amines) is 1.